The normalized spacial score (nSPS) is 15.4. The van der Waals surface area contributed by atoms with E-state index >= 15 is 0 Å². The Labute approximate surface area is 107 Å². The summed E-state index contributed by atoms with van der Waals surface area (Å²) in [6, 6.07) is 8.09. The molecule has 0 amide bonds. The molecule has 1 aromatic carbocycles. The van der Waals surface area contributed by atoms with Crippen LogP contribution in [0.1, 0.15) is 18.7 Å². The standard InChI is InChI=1S/C14H19N3O/c18-8-7-17-13-4-2-1-3-12(13)16-14(17)10-15-9-11-5-6-11/h1-4,11,15,18H,5-10H2. The molecule has 1 aromatic heterocycles. The van der Waals surface area contributed by atoms with E-state index < -0.39 is 0 Å². The first-order valence-electron chi connectivity index (χ1n) is 6.64. The van der Waals surface area contributed by atoms with Crippen LogP contribution in [0.5, 0.6) is 0 Å². The van der Waals surface area contributed by atoms with Crippen LogP contribution in [0.4, 0.5) is 0 Å². The summed E-state index contributed by atoms with van der Waals surface area (Å²) >= 11 is 0. The van der Waals surface area contributed by atoms with Gasteiger partial charge in [-0.05, 0) is 37.4 Å². The number of hydrogen-bond donors (Lipinski definition) is 2. The Morgan fingerprint density at radius 2 is 2.17 bits per heavy atom. The molecule has 0 atom stereocenters. The van der Waals surface area contributed by atoms with Crippen molar-refractivity contribution in [3.8, 4) is 0 Å². The fourth-order valence-electron chi connectivity index (χ4n) is 2.32. The topological polar surface area (TPSA) is 50.1 Å². The van der Waals surface area contributed by atoms with Crippen molar-refractivity contribution in [2.24, 2.45) is 5.92 Å². The van der Waals surface area contributed by atoms with Crippen LogP contribution in [0.3, 0.4) is 0 Å². The van der Waals surface area contributed by atoms with Crippen LogP contribution in [0.2, 0.25) is 0 Å². The first kappa shape index (κ1) is 11.7. The van der Waals surface area contributed by atoms with Gasteiger partial charge in [-0.15, -0.1) is 0 Å². The highest BCUT2D eigenvalue weighted by atomic mass is 16.3. The molecule has 1 aliphatic carbocycles. The Balaban J connectivity index is 1.81. The maximum absolute atomic E-state index is 9.18. The zero-order valence-electron chi connectivity index (χ0n) is 10.5. The van der Waals surface area contributed by atoms with E-state index in [2.05, 4.69) is 20.9 Å². The van der Waals surface area contributed by atoms with Crippen molar-refractivity contribution in [3.05, 3.63) is 30.1 Å². The van der Waals surface area contributed by atoms with Gasteiger partial charge in [-0.25, -0.2) is 4.98 Å². The SMILES string of the molecule is OCCn1c(CNCC2CC2)nc2ccccc21. The Morgan fingerprint density at radius 1 is 1.33 bits per heavy atom. The maximum atomic E-state index is 9.18. The Morgan fingerprint density at radius 3 is 2.94 bits per heavy atom. The third kappa shape index (κ3) is 2.40. The average Bonchev–Trinajstić information content (AvgIpc) is 3.14. The zero-order chi connectivity index (χ0) is 12.4. The molecule has 2 aromatic rings. The van der Waals surface area contributed by atoms with E-state index in [1.165, 1.54) is 12.8 Å². The lowest BCUT2D eigenvalue weighted by molar-refractivity contribution is 0.275. The quantitative estimate of drug-likeness (QED) is 0.811. The van der Waals surface area contributed by atoms with Crippen LogP contribution >= 0.6 is 0 Å². The predicted molar refractivity (Wildman–Crippen MR) is 71.2 cm³/mol. The summed E-state index contributed by atoms with van der Waals surface area (Å²) in [6.45, 7) is 2.63. The monoisotopic (exact) mass is 245 g/mol. The molecule has 4 heteroatoms. The summed E-state index contributed by atoms with van der Waals surface area (Å²) < 4.78 is 2.11. The molecule has 1 heterocycles. The van der Waals surface area contributed by atoms with Crippen molar-refractivity contribution in [2.45, 2.75) is 25.9 Å². The van der Waals surface area contributed by atoms with Crippen LogP contribution in [0, 0.1) is 5.92 Å². The highest BCUT2D eigenvalue weighted by Crippen LogP contribution is 2.27. The fraction of sp³-hybridized carbons (Fsp3) is 0.500. The molecule has 1 fully saturated rings. The van der Waals surface area contributed by atoms with Crippen LogP contribution in [-0.2, 0) is 13.1 Å². The van der Waals surface area contributed by atoms with Crippen LogP contribution in [-0.4, -0.2) is 27.8 Å². The van der Waals surface area contributed by atoms with Gasteiger partial charge in [0.25, 0.3) is 0 Å². The molecule has 0 radical (unpaired) electrons. The molecule has 18 heavy (non-hydrogen) atoms. The largest absolute Gasteiger partial charge is 0.395 e. The van der Waals surface area contributed by atoms with Gasteiger partial charge in [0.15, 0.2) is 0 Å². The number of nitrogens with zero attached hydrogens (tertiary/aromatic N) is 2. The first-order chi connectivity index (χ1) is 8.88. The van der Waals surface area contributed by atoms with Crippen molar-refractivity contribution < 1.29 is 5.11 Å². The van der Waals surface area contributed by atoms with Gasteiger partial charge >= 0.3 is 0 Å². The van der Waals surface area contributed by atoms with Gasteiger partial charge in [0.1, 0.15) is 5.82 Å². The number of benzene rings is 1. The number of rotatable bonds is 6. The summed E-state index contributed by atoms with van der Waals surface area (Å²) in [5.74, 6) is 1.89. The summed E-state index contributed by atoms with van der Waals surface area (Å²) in [7, 11) is 0. The minimum Gasteiger partial charge on any atom is -0.395 e. The molecule has 2 N–H and O–H groups in total. The Kier molecular flexibility index (Phi) is 3.30. The van der Waals surface area contributed by atoms with E-state index in [4.69, 9.17) is 0 Å². The molecular weight excluding hydrogens is 226 g/mol. The molecule has 0 aliphatic heterocycles. The minimum atomic E-state index is 0.149. The summed E-state index contributed by atoms with van der Waals surface area (Å²) in [4.78, 5) is 4.64. The van der Waals surface area contributed by atoms with Gasteiger partial charge < -0.3 is 15.0 Å². The number of hydrogen-bond acceptors (Lipinski definition) is 3. The lowest BCUT2D eigenvalue weighted by Crippen LogP contribution is -2.20. The van der Waals surface area contributed by atoms with E-state index in [0.717, 1.165) is 35.9 Å². The second-order valence-electron chi connectivity index (χ2n) is 4.97. The van der Waals surface area contributed by atoms with Gasteiger partial charge in [-0.3, -0.25) is 0 Å². The minimum absolute atomic E-state index is 0.149. The van der Waals surface area contributed by atoms with Crippen LogP contribution in [0.15, 0.2) is 24.3 Å². The average molecular weight is 245 g/mol. The van der Waals surface area contributed by atoms with Gasteiger partial charge in [0.2, 0.25) is 0 Å². The summed E-state index contributed by atoms with van der Waals surface area (Å²) in [5, 5.41) is 12.6. The second kappa shape index (κ2) is 5.08. The zero-order valence-corrected chi connectivity index (χ0v) is 10.5. The van der Waals surface area contributed by atoms with E-state index in [9.17, 15) is 5.11 Å². The lowest BCUT2D eigenvalue weighted by atomic mass is 10.3. The van der Waals surface area contributed by atoms with Crippen molar-refractivity contribution in [2.75, 3.05) is 13.2 Å². The number of aliphatic hydroxyl groups is 1. The van der Waals surface area contributed by atoms with Crippen molar-refractivity contribution >= 4 is 11.0 Å². The molecular formula is C14H19N3O. The molecule has 1 saturated carbocycles. The molecule has 0 spiro atoms. The first-order valence-corrected chi connectivity index (χ1v) is 6.64. The molecule has 0 unspecified atom stereocenters. The van der Waals surface area contributed by atoms with Gasteiger partial charge in [-0.1, -0.05) is 12.1 Å². The molecule has 0 bridgehead atoms. The highest BCUT2D eigenvalue weighted by molar-refractivity contribution is 5.75. The molecule has 3 rings (SSSR count). The summed E-state index contributed by atoms with van der Waals surface area (Å²) in [5.41, 5.74) is 2.11. The molecule has 1 aliphatic rings. The van der Waals surface area contributed by atoms with Crippen molar-refractivity contribution in [3.63, 3.8) is 0 Å². The van der Waals surface area contributed by atoms with Gasteiger partial charge in [-0.2, -0.15) is 0 Å². The number of imidazole rings is 1. The molecule has 4 nitrogen and oxygen atoms in total. The number of aliphatic hydroxyl groups excluding tert-OH is 1. The number of nitrogens with one attached hydrogen (secondary N) is 1. The predicted octanol–water partition coefficient (Wildman–Crippen LogP) is 1.53. The Hall–Kier alpha value is -1.39. The van der Waals surface area contributed by atoms with E-state index in [1.807, 2.05) is 18.2 Å². The highest BCUT2D eigenvalue weighted by Gasteiger charge is 2.20. The van der Waals surface area contributed by atoms with Crippen LogP contribution < -0.4 is 5.32 Å². The van der Waals surface area contributed by atoms with E-state index in [1.54, 1.807) is 0 Å². The van der Waals surface area contributed by atoms with Crippen LogP contribution in [0.25, 0.3) is 11.0 Å². The lowest BCUT2D eigenvalue weighted by Gasteiger charge is -2.08. The molecule has 96 valence electrons. The van der Waals surface area contributed by atoms with E-state index in [-0.39, 0.29) is 6.61 Å². The maximum Gasteiger partial charge on any atom is 0.123 e. The number of fused-ring (bicyclic) bond motifs is 1. The van der Waals surface area contributed by atoms with Crippen molar-refractivity contribution in [1.29, 1.82) is 0 Å². The number of para-hydroxylation sites is 2. The smallest absolute Gasteiger partial charge is 0.123 e. The fourth-order valence-corrected chi connectivity index (χ4v) is 2.32. The number of aromatic nitrogens is 2. The third-order valence-electron chi connectivity index (χ3n) is 3.47. The summed E-state index contributed by atoms with van der Waals surface area (Å²) in [6.07, 6.45) is 2.72. The van der Waals surface area contributed by atoms with Crippen molar-refractivity contribution in [1.82, 2.24) is 14.9 Å². The van der Waals surface area contributed by atoms with Gasteiger partial charge in [0, 0.05) is 6.54 Å². The Bertz CT molecular complexity index is 531. The molecule has 0 saturated heterocycles. The van der Waals surface area contributed by atoms with Gasteiger partial charge in [0.05, 0.1) is 24.2 Å². The second-order valence-corrected chi connectivity index (χ2v) is 4.97. The van der Waals surface area contributed by atoms with E-state index in [0.29, 0.717) is 6.54 Å². The third-order valence-corrected chi connectivity index (χ3v) is 3.47.